The van der Waals surface area contributed by atoms with E-state index in [9.17, 15) is 0 Å². The molecule has 2 heteroatoms. The molecule has 2 N–H and O–H groups in total. The van der Waals surface area contributed by atoms with Crippen molar-refractivity contribution in [1.29, 1.82) is 0 Å². The van der Waals surface area contributed by atoms with Crippen LogP contribution in [0.4, 0.5) is 0 Å². The summed E-state index contributed by atoms with van der Waals surface area (Å²) in [6, 6.07) is 6.22. The van der Waals surface area contributed by atoms with Crippen LogP contribution in [0.2, 0.25) is 5.02 Å². The van der Waals surface area contributed by atoms with E-state index in [-0.39, 0.29) is 6.04 Å². The second-order valence-electron chi connectivity index (χ2n) is 3.63. The van der Waals surface area contributed by atoms with Gasteiger partial charge in [0.2, 0.25) is 0 Å². The van der Waals surface area contributed by atoms with Crippen molar-refractivity contribution >= 4 is 11.6 Å². The maximum Gasteiger partial charge on any atom is 0.0470 e. The lowest BCUT2D eigenvalue weighted by Gasteiger charge is -2.18. The Morgan fingerprint density at radius 2 is 1.92 bits per heavy atom. The maximum absolute atomic E-state index is 6.18. The molecular formula is C11H16ClN. The molecule has 0 spiro atoms. The summed E-state index contributed by atoms with van der Waals surface area (Å²) in [5.41, 5.74) is 8.10. The molecular weight excluding hydrogens is 182 g/mol. The molecule has 1 aromatic carbocycles. The minimum Gasteiger partial charge on any atom is -0.327 e. The summed E-state index contributed by atoms with van der Waals surface area (Å²) in [5, 5.41) is 0.854. The fraction of sp³-hybridized carbons (Fsp3) is 0.455. The zero-order chi connectivity index (χ0) is 10.0. The maximum atomic E-state index is 6.18. The van der Waals surface area contributed by atoms with Gasteiger partial charge in [-0.2, -0.15) is 0 Å². The largest absolute Gasteiger partial charge is 0.327 e. The predicted octanol–water partition coefficient (Wildman–Crippen LogP) is 3.10. The average molecular weight is 198 g/mol. The molecule has 2 atom stereocenters. The Hall–Kier alpha value is -0.530. The van der Waals surface area contributed by atoms with E-state index in [0.29, 0.717) is 5.92 Å². The Kier molecular flexibility index (Phi) is 3.34. The lowest BCUT2D eigenvalue weighted by molar-refractivity contribution is 0.613. The third-order valence-electron chi connectivity index (χ3n) is 2.50. The topological polar surface area (TPSA) is 26.0 Å². The summed E-state index contributed by atoms with van der Waals surface area (Å²) >= 11 is 6.18. The van der Waals surface area contributed by atoms with Crippen molar-refractivity contribution in [1.82, 2.24) is 0 Å². The number of hydrogen-bond donors (Lipinski definition) is 1. The molecule has 0 amide bonds. The Labute approximate surface area is 84.9 Å². The van der Waals surface area contributed by atoms with Gasteiger partial charge in [-0.05, 0) is 30.9 Å². The Morgan fingerprint density at radius 3 is 2.46 bits per heavy atom. The second-order valence-corrected chi connectivity index (χ2v) is 4.00. The third-order valence-corrected chi connectivity index (χ3v) is 3.02. The van der Waals surface area contributed by atoms with Crippen LogP contribution in [0.15, 0.2) is 18.2 Å². The molecule has 0 aliphatic heterocycles. The molecule has 0 radical (unpaired) electrons. The van der Waals surface area contributed by atoms with Crippen LogP contribution in [0.5, 0.6) is 0 Å². The molecule has 2 unspecified atom stereocenters. The molecule has 13 heavy (non-hydrogen) atoms. The van der Waals surface area contributed by atoms with Gasteiger partial charge in [0.05, 0.1) is 0 Å². The molecule has 0 saturated heterocycles. The van der Waals surface area contributed by atoms with Gasteiger partial charge in [0.25, 0.3) is 0 Å². The highest BCUT2D eigenvalue weighted by Gasteiger charge is 2.14. The van der Waals surface area contributed by atoms with E-state index in [1.165, 1.54) is 0 Å². The van der Waals surface area contributed by atoms with Crippen LogP contribution in [0, 0.1) is 6.92 Å². The van der Waals surface area contributed by atoms with Crippen molar-refractivity contribution in [3.63, 3.8) is 0 Å². The van der Waals surface area contributed by atoms with Gasteiger partial charge in [-0.25, -0.2) is 0 Å². The van der Waals surface area contributed by atoms with Gasteiger partial charge in [-0.3, -0.25) is 0 Å². The lowest BCUT2D eigenvalue weighted by atomic mass is 9.94. The molecule has 72 valence electrons. The minimum absolute atomic E-state index is 0.138. The second kappa shape index (κ2) is 4.12. The highest BCUT2D eigenvalue weighted by molar-refractivity contribution is 6.32. The lowest BCUT2D eigenvalue weighted by Crippen LogP contribution is -2.22. The summed E-state index contributed by atoms with van der Waals surface area (Å²) in [4.78, 5) is 0. The Morgan fingerprint density at radius 1 is 1.31 bits per heavy atom. The highest BCUT2D eigenvalue weighted by atomic mass is 35.5. The van der Waals surface area contributed by atoms with Crippen LogP contribution in [0.3, 0.4) is 0 Å². The van der Waals surface area contributed by atoms with Gasteiger partial charge in [0.15, 0.2) is 0 Å². The van der Waals surface area contributed by atoms with E-state index >= 15 is 0 Å². The SMILES string of the molecule is Cc1cccc(C(C)C(C)N)c1Cl. The molecule has 0 saturated carbocycles. The molecule has 1 rings (SSSR count). The number of nitrogens with two attached hydrogens (primary N) is 1. The Bertz CT molecular complexity index is 294. The van der Waals surface area contributed by atoms with Gasteiger partial charge < -0.3 is 5.73 Å². The molecule has 0 aliphatic rings. The normalized spacial score (nSPS) is 15.5. The van der Waals surface area contributed by atoms with Crippen molar-refractivity contribution in [3.8, 4) is 0 Å². The summed E-state index contributed by atoms with van der Waals surface area (Å²) in [6.07, 6.45) is 0. The number of hydrogen-bond acceptors (Lipinski definition) is 1. The van der Waals surface area contributed by atoms with E-state index in [2.05, 4.69) is 6.92 Å². The van der Waals surface area contributed by atoms with Crippen LogP contribution < -0.4 is 5.73 Å². The first-order valence-corrected chi connectivity index (χ1v) is 4.92. The van der Waals surface area contributed by atoms with E-state index in [4.69, 9.17) is 17.3 Å². The van der Waals surface area contributed by atoms with E-state index in [0.717, 1.165) is 16.1 Å². The molecule has 1 nitrogen and oxygen atoms in total. The van der Waals surface area contributed by atoms with E-state index in [1.54, 1.807) is 0 Å². The van der Waals surface area contributed by atoms with E-state index < -0.39 is 0 Å². The predicted molar refractivity (Wildman–Crippen MR) is 58.3 cm³/mol. The first kappa shape index (κ1) is 10.6. The average Bonchev–Trinajstić information content (AvgIpc) is 2.08. The van der Waals surface area contributed by atoms with Crippen LogP contribution in [0.25, 0.3) is 0 Å². The van der Waals surface area contributed by atoms with Gasteiger partial charge >= 0.3 is 0 Å². The number of benzene rings is 1. The van der Waals surface area contributed by atoms with Gasteiger partial charge in [0, 0.05) is 11.1 Å². The fourth-order valence-electron chi connectivity index (χ4n) is 1.31. The standard InChI is InChI=1S/C11H16ClN/c1-7-5-4-6-10(11(7)12)8(2)9(3)13/h4-6,8-9H,13H2,1-3H3. The van der Waals surface area contributed by atoms with Crippen molar-refractivity contribution in [2.75, 3.05) is 0 Å². The van der Waals surface area contributed by atoms with Crippen LogP contribution in [-0.2, 0) is 0 Å². The zero-order valence-electron chi connectivity index (χ0n) is 8.34. The minimum atomic E-state index is 0.138. The molecule has 0 aliphatic carbocycles. The van der Waals surface area contributed by atoms with Crippen molar-refractivity contribution < 1.29 is 0 Å². The number of aryl methyl sites for hydroxylation is 1. The molecule has 0 aromatic heterocycles. The highest BCUT2D eigenvalue weighted by Crippen LogP contribution is 2.28. The summed E-state index contributed by atoms with van der Waals surface area (Å²) in [6.45, 7) is 6.12. The molecule has 1 aromatic rings. The first-order valence-electron chi connectivity index (χ1n) is 4.54. The fourth-order valence-corrected chi connectivity index (χ4v) is 1.60. The van der Waals surface area contributed by atoms with Gasteiger partial charge in [0.1, 0.15) is 0 Å². The van der Waals surface area contributed by atoms with Crippen molar-refractivity contribution in [2.45, 2.75) is 32.7 Å². The quantitative estimate of drug-likeness (QED) is 0.775. The van der Waals surface area contributed by atoms with Crippen LogP contribution >= 0.6 is 11.6 Å². The summed E-state index contributed by atoms with van der Waals surface area (Å²) in [7, 11) is 0. The van der Waals surface area contributed by atoms with E-state index in [1.807, 2.05) is 32.0 Å². The molecule has 0 heterocycles. The van der Waals surface area contributed by atoms with Crippen LogP contribution in [-0.4, -0.2) is 6.04 Å². The van der Waals surface area contributed by atoms with Gasteiger partial charge in [-0.1, -0.05) is 36.7 Å². The van der Waals surface area contributed by atoms with Crippen molar-refractivity contribution in [3.05, 3.63) is 34.3 Å². The summed E-state index contributed by atoms with van der Waals surface area (Å²) < 4.78 is 0. The van der Waals surface area contributed by atoms with Gasteiger partial charge in [-0.15, -0.1) is 0 Å². The smallest absolute Gasteiger partial charge is 0.0470 e. The Balaban J connectivity index is 3.07. The number of halogens is 1. The number of rotatable bonds is 2. The zero-order valence-corrected chi connectivity index (χ0v) is 9.10. The summed E-state index contributed by atoms with van der Waals surface area (Å²) in [5.74, 6) is 0.312. The van der Waals surface area contributed by atoms with Crippen molar-refractivity contribution in [2.24, 2.45) is 5.73 Å². The molecule has 0 bridgehead atoms. The first-order chi connectivity index (χ1) is 6.04. The molecule has 0 fully saturated rings. The third kappa shape index (κ3) is 2.23. The van der Waals surface area contributed by atoms with Crippen LogP contribution in [0.1, 0.15) is 30.9 Å². The monoisotopic (exact) mass is 197 g/mol.